The Balaban J connectivity index is 3.57. The number of aliphatic hydroxyl groups is 1. The molecule has 0 aliphatic heterocycles. The molecular formula is C9H18O3. The van der Waals surface area contributed by atoms with Gasteiger partial charge < -0.3 is 9.84 Å². The molecule has 0 rings (SSSR count). The molecule has 72 valence electrons. The molecule has 3 heteroatoms. The summed E-state index contributed by atoms with van der Waals surface area (Å²) >= 11 is 0. The molecule has 0 aliphatic rings. The maximum atomic E-state index is 11.1. The Morgan fingerprint density at radius 3 is 2.50 bits per heavy atom. The molecule has 0 heterocycles. The van der Waals surface area contributed by atoms with E-state index in [1.165, 1.54) is 0 Å². The van der Waals surface area contributed by atoms with Crippen LogP contribution in [0.15, 0.2) is 0 Å². The van der Waals surface area contributed by atoms with Gasteiger partial charge in [0.05, 0.1) is 0 Å². The summed E-state index contributed by atoms with van der Waals surface area (Å²) in [6, 6.07) is 0. The van der Waals surface area contributed by atoms with Crippen molar-refractivity contribution in [1.29, 1.82) is 0 Å². The summed E-state index contributed by atoms with van der Waals surface area (Å²) in [7, 11) is 0. The predicted octanol–water partition coefficient (Wildman–Crippen LogP) is 0.999. The lowest BCUT2D eigenvalue weighted by molar-refractivity contribution is -0.133. The van der Waals surface area contributed by atoms with Gasteiger partial charge in [-0.15, -0.1) is 0 Å². The lowest BCUT2D eigenvalue weighted by atomic mass is 10.0. The van der Waals surface area contributed by atoms with Gasteiger partial charge in [0.2, 0.25) is 0 Å². The third kappa shape index (κ3) is 4.46. The highest BCUT2D eigenvalue weighted by Gasteiger charge is 2.18. The van der Waals surface area contributed by atoms with E-state index < -0.39 is 6.10 Å². The lowest BCUT2D eigenvalue weighted by Gasteiger charge is -2.12. The molecule has 1 unspecified atom stereocenters. The van der Waals surface area contributed by atoms with Crippen molar-refractivity contribution in [2.24, 2.45) is 5.92 Å². The molecule has 0 amide bonds. The number of rotatable bonds is 6. The molecule has 0 aromatic rings. The third-order valence-electron chi connectivity index (χ3n) is 1.55. The van der Waals surface area contributed by atoms with Crippen LogP contribution < -0.4 is 0 Å². The van der Waals surface area contributed by atoms with Gasteiger partial charge in [-0.1, -0.05) is 20.8 Å². The second-order valence-electron chi connectivity index (χ2n) is 3.21. The molecule has 3 nitrogen and oxygen atoms in total. The number of hydrogen-bond acceptors (Lipinski definition) is 3. The van der Waals surface area contributed by atoms with Crippen molar-refractivity contribution in [1.82, 2.24) is 0 Å². The highest BCUT2D eigenvalue weighted by Crippen LogP contribution is 2.02. The van der Waals surface area contributed by atoms with E-state index >= 15 is 0 Å². The normalized spacial score (nSPS) is 13.4. The van der Waals surface area contributed by atoms with E-state index in [9.17, 15) is 9.90 Å². The van der Waals surface area contributed by atoms with E-state index in [1.807, 2.05) is 20.8 Å². The van der Waals surface area contributed by atoms with E-state index in [4.69, 9.17) is 4.74 Å². The Bertz CT molecular complexity index is 132. The largest absolute Gasteiger partial charge is 0.385 e. The SMILES string of the molecule is CCCOCC(=O)C(O)C(C)C. The zero-order chi connectivity index (χ0) is 9.56. The molecule has 0 radical (unpaired) electrons. The van der Waals surface area contributed by atoms with Crippen LogP contribution in [0.4, 0.5) is 0 Å². The lowest BCUT2D eigenvalue weighted by Crippen LogP contribution is -2.29. The molecule has 0 saturated carbocycles. The molecule has 0 saturated heterocycles. The maximum Gasteiger partial charge on any atom is 0.187 e. The summed E-state index contributed by atoms with van der Waals surface area (Å²) in [5.41, 5.74) is 0. The van der Waals surface area contributed by atoms with Crippen LogP contribution in [-0.4, -0.2) is 30.2 Å². The van der Waals surface area contributed by atoms with Crippen molar-refractivity contribution in [3.8, 4) is 0 Å². The Morgan fingerprint density at radius 1 is 1.50 bits per heavy atom. The van der Waals surface area contributed by atoms with Crippen molar-refractivity contribution in [2.45, 2.75) is 33.3 Å². The number of Topliss-reactive ketones (excluding diaryl/α,β-unsaturated/α-hetero) is 1. The number of carbonyl (C=O) groups is 1. The van der Waals surface area contributed by atoms with Crippen molar-refractivity contribution in [3.63, 3.8) is 0 Å². The molecule has 1 N–H and O–H groups in total. The van der Waals surface area contributed by atoms with Crippen molar-refractivity contribution in [3.05, 3.63) is 0 Å². The molecule has 0 bridgehead atoms. The van der Waals surface area contributed by atoms with Gasteiger partial charge in [-0.3, -0.25) is 4.79 Å². The van der Waals surface area contributed by atoms with E-state index in [0.717, 1.165) is 6.42 Å². The van der Waals surface area contributed by atoms with Gasteiger partial charge in [0.15, 0.2) is 5.78 Å². The quantitative estimate of drug-likeness (QED) is 0.611. The van der Waals surface area contributed by atoms with Gasteiger partial charge in [0.1, 0.15) is 12.7 Å². The molecule has 0 fully saturated rings. The first-order valence-corrected chi connectivity index (χ1v) is 4.38. The predicted molar refractivity (Wildman–Crippen MR) is 47.0 cm³/mol. The van der Waals surface area contributed by atoms with Crippen LogP contribution in [0.5, 0.6) is 0 Å². The highest BCUT2D eigenvalue weighted by molar-refractivity contribution is 5.84. The fourth-order valence-electron chi connectivity index (χ4n) is 0.774. The van der Waals surface area contributed by atoms with Crippen LogP contribution >= 0.6 is 0 Å². The Kier molecular flexibility index (Phi) is 5.93. The molecule has 0 spiro atoms. The zero-order valence-electron chi connectivity index (χ0n) is 8.04. The minimum absolute atomic E-state index is 0.0253. The summed E-state index contributed by atoms with van der Waals surface area (Å²) in [5.74, 6) is -0.249. The van der Waals surface area contributed by atoms with Gasteiger partial charge in [0, 0.05) is 6.61 Å². The van der Waals surface area contributed by atoms with Crippen molar-refractivity contribution >= 4 is 5.78 Å². The van der Waals surface area contributed by atoms with E-state index in [-0.39, 0.29) is 18.3 Å². The summed E-state index contributed by atoms with van der Waals surface area (Å²) < 4.78 is 5.01. The fourth-order valence-corrected chi connectivity index (χ4v) is 0.774. The number of hydrogen-bond donors (Lipinski definition) is 1. The van der Waals surface area contributed by atoms with Crippen LogP contribution in [0.25, 0.3) is 0 Å². The van der Waals surface area contributed by atoms with Crippen LogP contribution in [0, 0.1) is 5.92 Å². The maximum absolute atomic E-state index is 11.1. The number of aliphatic hydroxyl groups excluding tert-OH is 1. The molecular weight excluding hydrogens is 156 g/mol. The Hall–Kier alpha value is -0.410. The standard InChI is InChI=1S/C9H18O3/c1-4-5-12-6-8(10)9(11)7(2)3/h7,9,11H,4-6H2,1-3H3. The Morgan fingerprint density at radius 2 is 2.08 bits per heavy atom. The fraction of sp³-hybridized carbons (Fsp3) is 0.889. The average Bonchev–Trinajstić information content (AvgIpc) is 2.03. The monoisotopic (exact) mass is 174 g/mol. The first-order valence-electron chi connectivity index (χ1n) is 4.38. The third-order valence-corrected chi connectivity index (χ3v) is 1.55. The van der Waals surface area contributed by atoms with E-state index in [0.29, 0.717) is 6.61 Å². The van der Waals surface area contributed by atoms with Crippen LogP contribution in [-0.2, 0) is 9.53 Å². The van der Waals surface area contributed by atoms with Crippen LogP contribution in [0.2, 0.25) is 0 Å². The summed E-state index contributed by atoms with van der Waals surface area (Å²) in [4.78, 5) is 11.1. The first-order chi connectivity index (χ1) is 5.59. The van der Waals surface area contributed by atoms with E-state index in [2.05, 4.69) is 0 Å². The number of carbonyl (C=O) groups excluding carboxylic acids is 1. The molecule has 0 aromatic heterocycles. The van der Waals surface area contributed by atoms with Crippen molar-refractivity contribution < 1.29 is 14.6 Å². The number of ketones is 1. The second-order valence-corrected chi connectivity index (χ2v) is 3.21. The van der Waals surface area contributed by atoms with Gasteiger partial charge in [-0.25, -0.2) is 0 Å². The highest BCUT2D eigenvalue weighted by atomic mass is 16.5. The zero-order valence-corrected chi connectivity index (χ0v) is 8.04. The van der Waals surface area contributed by atoms with Gasteiger partial charge >= 0.3 is 0 Å². The molecule has 1 atom stereocenters. The molecule has 0 aliphatic carbocycles. The second kappa shape index (κ2) is 6.14. The summed E-state index contributed by atoms with van der Waals surface area (Å²) in [6.07, 6.45) is 0.0206. The molecule has 12 heavy (non-hydrogen) atoms. The minimum Gasteiger partial charge on any atom is -0.385 e. The van der Waals surface area contributed by atoms with Crippen molar-refractivity contribution in [2.75, 3.05) is 13.2 Å². The Labute approximate surface area is 73.7 Å². The summed E-state index contributed by atoms with van der Waals surface area (Å²) in [6.45, 7) is 6.21. The van der Waals surface area contributed by atoms with Gasteiger partial charge in [0.25, 0.3) is 0 Å². The smallest absolute Gasteiger partial charge is 0.187 e. The van der Waals surface area contributed by atoms with Crippen LogP contribution in [0.3, 0.4) is 0 Å². The van der Waals surface area contributed by atoms with E-state index in [1.54, 1.807) is 0 Å². The minimum atomic E-state index is -0.873. The average molecular weight is 174 g/mol. The van der Waals surface area contributed by atoms with Gasteiger partial charge in [-0.05, 0) is 12.3 Å². The molecule has 0 aromatic carbocycles. The van der Waals surface area contributed by atoms with Gasteiger partial charge in [-0.2, -0.15) is 0 Å². The van der Waals surface area contributed by atoms with Crippen LogP contribution in [0.1, 0.15) is 27.2 Å². The topological polar surface area (TPSA) is 46.5 Å². The number of ether oxygens (including phenoxy) is 1. The summed E-state index contributed by atoms with van der Waals surface area (Å²) in [5, 5.41) is 9.26. The first kappa shape index (κ1) is 11.6.